The van der Waals surface area contributed by atoms with Gasteiger partial charge >= 0.3 is 51.5 Å². The van der Waals surface area contributed by atoms with Crippen LogP contribution in [0.5, 0.6) is 0 Å². The van der Waals surface area contributed by atoms with Crippen molar-refractivity contribution in [1.82, 2.24) is 0 Å². The molecule has 0 amide bonds. The van der Waals surface area contributed by atoms with Gasteiger partial charge in [0.2, 0.25) is 0 Å². The molecule has 2 unspecified atom stereocenters. The van der Waals surface area contributed by atoms with Crippen LogP contribution in [0, 0.1) is 0 Å². The Labute approximate surface area is 657 Å². The van der Waals surface area contributed by atoms with Crippen molar-refractivity contribution >= 4 is 51.5 Å². The maximum atomic E-state index is 12.6. The number of rotatable bonds is 84. The van der Waals surface area contributed by atoms with E-state index in [1.165, 1.54) is 283 Å². The van der Waals surface area contributed by atoms with Crippen molar-refractivity contribution in [1.29, 1.82) is 0 Å². The van der Waals surface area contributed by atoms with Crippen LogP contribution >= 0.6 is 15.6 Å². The van der Waals surface area contributed by atoms with Crippen LogP contribution in [-0.4, -0.2) is 120 Å². The minimum absolute atomic E-state index is 0.169. The normalized spacial score (nSPS) is 13.7. The summed E-state index contributed by atoms with van der Waals surface area (Å²) in [6, 6.07) is -3.03. The Morgan fingerprint density at radius 2 is 0.407 bits per heavy atom. The first-order valence-electron chi connectivity index (χ1n) is 44.1. The number of esters is 4. The number of nitrogens with two attached hydrogens (primary N) is 2. The zero-order valence-corrected chi connectivity index (χ0v) is 71.0. The zero-order chi connectivity index (χ0) is 79.9. The fourth-order valence-corrected chi connectivity index (χ4v) is 14.3. The highest BCUT2D eigenvalue weighted by molar-refractivity contribution is 7.47. The maximum Gasteiger partial charge on any atom is 0.472 e. The number of carbonyl (C=O) groups is 6. The molecule has 24 heteroatoms. The van der Waals surface area contributed by atoms with E-state index in [0.717, 1.165) is 77.0 Å². The van der Waals surface area contributed by atoms with Gasteiger partial charge in [-0.15, -0.1) is 0 Å². The fourth-order valence-electron chi connectivity index (χ4n) is 12.7. The second-order valence-electron chi connectivity index (χ2n) is 30.4. The smallest absolute Gasteiger partial charge is 0.472 e. The Morgan fingerprint density at radius 1 is 0.250 bits per heavy atom. The lowest BCUT2D eigenvalue weighted by Gasteiger charge is -2.20. The highest BCUT2D eigenvalue weighted by atomic mass is 31.2. The molecule has 0 rings (SSSR count). The largest absolute Gasteiger partial charge is 0.480 e. The first-order chi connectivity index (χ1) is 52.2. The summed E-state index contributed by atoms with van der Waals surface area (Å²) in [5.74, 6) is -4.71. The third-order valence-electron chi connectivity index (χ3n) is 19.7. The van der Waals surface area contributed by atoms with Gasteiger partial charge < -0.3 is 50.4 Å². The van der Waals surface area contributed by atoms with Crippen molar-refractivity contribution in [2.45, 2.75) is 463 Å². The van der Waals surface area contributed by atoms with Gasteiger partial charge in [0.05, 0.1) is 26.4 Å². The van der Waals surface area contributed by atoms with Gasteiger partial charge in [-0.25, -0.2) is 9.13 Å². The van der Waals surface area contributed by atoms with E-state index in [2.05, 4.69) is 36.7 Å². The minimum Gasteiger partial charge on any atom is -0.480 e. The molecule has 0 bridgehead atoms. The van der Waals surface area contributed by atoms with Crippen molar-refractivity contribution in [2.75, 3.05) is 39.6 Å². The molecule has 0 saturated heterocycles. The molecule has 0 aromatic rings. The quantitative estimate of drug-likeness (QED) is 0.0143. The van der Waals surface area contributed by atoms with Crippen LogP contribution in [0.3, 0.4) is 0 Å². The molecule has 0 heterocycles. The van der Waals surface area contributed by atoms with Gasteiger partial charge in [-0.1, -0.05) is 387 Å². The summed E-state index contributed by atoms with van der Waals surface area (Å²) in [7, 11) is -9.41. The summed E-state index contributed by atoms with van der Waals surface area (Å²) >= 11 is 0. The summed E-state index contributed by atoms with van der Waals surface area (Å²) in [6.07, 6.45) is 71.7. The molecule has 6 atom stereocenters. The molecule has 22 nitrogen and oxygen atoms in total. The summed E-state index contributed by atoms with van der Waals surface area (Å²) in [4.78, 5) is 91.9. The SMILES string of the molecule is CCCCCCCCCCCCCCCCCC(=O)OC[C@H](COP(=O)(O)OC[C@H](N)C(=O)O)OC(=O)CCCCCCCCCCCCCCCCC.CCCCCCCCCCCCCCCCCC(=O)OC[C@H](COP(=O)(O)OC[C@H](N)C(=O)O)OC(=O)CCCCCCCCCCCCCCCCC. The predicted molar refractivity (Wildman–Crippen MR) is 435 cm³/mol. The Morgan fingerprint density at radius 3 is 0.583 bits per heavy atom. The zero-order valence-electron chi connectivity index (χ0n) is 69.2. The second-order valence-corrected chi connectivity index (χ2v) is 33.3. The summed E-state index contributed by atoms with van der Waals surface area (Å²) in [5, 5.41) is 17.8. The van der Waals surface area contributed by atoms with Gasteiger partial charge in [0.25, 0.3) is 0 Å². The van der Waals surface area contributed by atoms with Crippen LogP contribution in [0.4, 0.5) is 0 Å². The standard InChI is InChI=1S/2C42H82NO10P/c2*1-3-5-7-9-11-13-15-17-19-21-23-25-27-29-31-33-40(44)50-35-38(36-51-54(48,49)52-37-39(43)42(46)47)53-41(45)34-32-30-28-26-24-22-20-18-16-14-12-10-8-6-4-2/h2*38-39H,3-37,43H2,1-2H3,(H,46,47)(H,48,49)/t2*38-,39+/m11/s1. The molecule has 0 fully saturated rings. The van der Waals surface area contributed by atoms with Gasteiger partial charge in [0.15, 0.2) is 12.2 Å². The molecule has 108 heavy (non-hydrogen) atoms. The van der Waals surface area contributed by atoms with Gasteiger partial charge in [-0.2, -0.15) is 0 Å². The average Bonchev–Trinajstić information content (AvgIpc) is 0.906. The van der Waals surface area contributed by atoms with E-state index in [1.807, 2.05) is 0 Å². The van der Waals surface area contributed by atoms with Crippen molar-refractivity contribution in [3.63, 3.8) is 0 Å². The first-order valence-corrected chi connectivity index (χ1v) is 47.1. The number of hydrogen-bond acceptors (Lipinski definition) is 18. The second kappa shape index (κ2) is 80.6. The number of phosphoric ester groups is 2. The van der Waals surface area contributed by atoms with Crippen LogP contribution in [0.1, 0.15) is 439 Å². The predicted octanol–water partition coefficient (Wildman–Crippen LogP) is 23.0. The van der Waals surface area contributed by atoms with E-state index in [1.54, 1.807) is 0 Å². The number of hydrogen-bond donors (Lipinski definition) is 6. The number of aliphatic carboxylic acids is 2. The number of phosphoric acid groups is 2. The molecular formula is C84H164N2O20P2. The number of unbranched alkanes of at least 4 members (excludes halogenated alkanes) is 56. The summed E-state index contributed by atoms with van der Waals surface area (Å²) < 4.78 is 65.4. The van der Waals surface area contributed by atoms with Crippen LogP contribution < -0.4 is 11.5 Å². The third-order valence-corrected chi connectivity index (χ3v) is 21.6. The van der Waals surface area contributed by atoms with Crippen molar-refractivity contribution in [3.05, 3.63) is 0 Å². The van der Waals surface area contributed by atoms with Crippen LogP contribution in [-0.2, 0) is 74.9 Å². The Bertz CT molecular complexity index is 2020. The minimum atomic E-state index is -4.71. The van der Waals surface area contributed by atoms with Crippen LogP contribution in [0.15, 0.2) is 0 Å². The van der Waals surface area contributed by atoms with Gasteiger partial charge in [-0.3, -0.25) is 46.9 Å². The van der Waals surface area contributed by atoms with Crippen molar-refractivity contribution < 1.29 is 94.9 Å². The highest BCUT2D eigenvalue weighted by Gasteiger charge is 2.30. The molecule has 0 radical (unpaired) electrons. The van der Waals surface area contributed by atoms with E-state index in [-0.39, 0.29) is 38.9 Å². The average molecular weight is 1580 g/mol. The molecular weight excluding hydrogens is 1420 g/mol. The van der Waals surface area contributed by atoms with Gasteiger partial charge in [-0.05, 0) is 25.7 Å². The molecule has 0 aliphatic heterocycles. The fraction of sp³-hybridized carbons (Fsp3) is 0.929. The third kappa shape index (κ3) is 81.0. The summed E-state index contributed by atoms with van der Waals surface area (Å²) in [6.45, 7) is 5.67. The van der Waals surface area contributed by atoms with E-state index in [0.29, 0.717) is 25.7 Å². The lowest BCUT2D eigenvalue weighted by molar-refractivity contribution is -0.161. The number of carboxylic acids is 2. The summed E-state index contributed by atoms with van der Waals surface area (Å²) in [5.41, 5.74) is 10.7. The Hall–Kier alpha value is -3.04. The van der Waals surface area contributed by atoms with E-state index in [4.69, 9.17) is 49.7 Å². The topological polar surface area (TPSA) is 343 Å². The molecule has 0 aromatic carbocycles. The van der Waals surface area contributed by atoms with Gasteiger partial charge in [0, 0.05) is 25.7 Å². The van der Waals surface area contributed by atoms with E-state index in [9.17, 15) is 47.7 Å². The lowest BCUT2D eigenvalue weighted by Crippen LogP contribution is -2.34. The van der Waals surface area contributed by atoms with Crippen molar-refractivity contribution in [3.8, 4) is 0 Å². The monoisotopic (exact) mass is 1580 g/mol. The highest BCUT2D eigenvalue weighted by Crippen LogP contribution is 2.44. The number of carbonyl (C=O) groups excluding carboxylic acids is 4. The van der Waals surface area contributed by atoms with Crippen LogP contribution in [0.25, 0.3) is 0 Å². The molecule has 8 N–H and O–H groups in total. The first kappa shape index (κ1) is 107. The molecule has 0 aliphatic carbocycles. The lowest BCUT2D eigenvalue weighted by atomic mass is 10.0. The number of carboxylic acid groups (broad SMARTS) is 2. The van der Waals surface area contributed by atoms with Gasteiger partial charge in [0.1, 0.15) is 25.3 Å². The maximum absolute atomic E-state index is 12.6. The van der Waals surface area contributed by atoms with Crippen LogP contribution in [0.2, 0.25) is 0 Å². The number of ether oxygens (including phenoxy) is 4. The van der Waals surface area contributed by atoms with E-state index < -0.39 is 102 Å². The molecule has 640 valence electrons. The van der Waals surface area contributed by atoms with Crippen molar-refractivity contribution in [2.24, 2.45) is 11.5 Å². The molecule has 0 spiro atoms. The Kier molecular flexibility index (Phi) is 79.8. The van der Waals surface area contributed by atoms with E-state index >= 15 is 0 Å². The molecule has 0 aliphatic rings. The Balaban J connectivity index is 0. The molecule has 0 aromatic heterocycles. The molecule has 0 saturated carbocycles.